The Kier molecular flexibility index (Phi) is 2.41. The molecule has 0 spiro atoms. The molecule has 2 rings (SSSR count). The highest BCUT2D eigenvalue weighted by Gasteiger charge is 2.37. The van der Waals surface area contributed by atoms with E-state index in [0.717, 1.165) is 31.2 Å². The molecule has 3 heteroatoms. The Hall–Kier alpha value is -0.730. The van der Waals surface area contributed by atoms with Crippen LogP contribution in [0.1, 0.15) is 24.8 Å². The summed E-state index contributed by atoms with van der Waals surface area (Å²) in [7, 11) is 0. The van der Waals surface area contributed by atoms with Crippen LogP contribution in [0.5, 0.6) is 5.75 Å². The van der Waals surface area contributed by atoms with Gasteiger partial charge in [-0.15, -0.1) is 0 Å². The summed E-state index contributed by atoms with van der Waals surface area (Å²) in [6.45, 7) is 0. The van der Waals surface area contributed by atoms with Crippen molar-refractivity contribution in [3.8, 4) is 5.75 Å². The number of aromatic hydroxyl groups is 1. The average molecular weight is 212 g/mol. The van der Waals surface area contributed by atoms with Crippen LogP contribution in [0.15, 0.2) is 18.2 Å². The van der Waals surface area contributed by atoms with E-state index in [4.69, 9.17) is 17.3 Å². The van der Waals surface area contributed by atoms with Crippen molar-refractivity contribution in [3.05, 3.63) is 28.8 Å². The van der Waals surface area contributed by atoms with Gasteiger partial charge in [-0.2, -0.15) is 0 Å². The third-order valence-electron chi connectivity index (χ3n) is 2.83. The van der Waals surface area contributed by atoms with Gasteiger partial charge in [-0.05, 0) is 49.4 Å². The number of benzene rings is 1. The van der Waals surface area contributed by atoms with E-state index in [9.17, 15) is 5.11 Å². The van der Waals surface area contributed by atoms with Crippen molar-refractivity contribution in [2.45, 2.75) is 31.2 Å². The summed E-state index contributed by atoms with van der Waals surface area (Å²) in [6, 6.07) is 5.13. The Balaban J connectivity index is 2.04. The van der Waals surface area contributed by atoms with Crippen LogP contribution in [0, 0.1) is 0 Å². The molecule has 0 heterocycles. The molecule has 0 unspecified atom stereocenters. The lowest BCUT2D eigenvalue weighted by Crippen LogP contribution is -2.22. The van der Waals surface area contributed by atoms with Gasteiger partial charge in [0.2, 0.25) is 0 Å². The largest absolute Gasteiger partial charge is 0.508 e. The summed E-state index contributed by atoms with van der Waals surface area (Å²) < 4.78 is 0. The molecule has 0 saturated heterocycles. The highest BCUT2D eigenvalue weighted by atomic mass is 35.5. The number of hydrogen-bond donors (Lipinski definition) is 2. The van der Waals surface area contributed by atoms with Gasteiger partial charge >= 0.3 is 0 Å². The molecule has 14 heavy (non-hydrogen) atoms. The Labute approximate surface area is 88.7 Å². The summed E-state index contributed by atoms with van der Waals surface area (Å²) in [5, 5.41) is 10.2. The van der Waals surface area contributed by atoms with Crippen molar-refractivity contribution >= 4 is 11.6 Å². The molecule has 1 aromatic rings. The number of aryl methyl sites for hydroxylation is 1. The SMILES string of the molecule is NC1(CCc2cc(Cl)ccc2O)CC1. The van der Waals surface area contributed by atoms with Crippen LogP contribution in [0.2, 0.25) is 5.02 Å². The second-order valence-corrected chi connectivity index (χ2v) is 4.57. The number of rotatable bonds is 3. The quantitative estimate of drug-likeness (QED) is 0.807. The zero-order valence-electron chi connectivity index (χ0n) is 7.96. The van der Waals surface area contributed by atoms with Crippen molar-refractivity contribution in [3.63, 3.8) is 0 Å². The lowest BCUT2D eigenvalue weighted by Gasteiger charge is -2.09. The van der Waals surface area contributed by atoms with E-state index in [2.05, 4.69) is 0 Å². The summed E-state index contributed by atoms with van der Waals surface area (Å²) in [5.41, 5.74) is 6.90. The maximum Gasteiger partial charge on any atom is 0.118 e. The van der Waals surface area contributed by atoms with Crippen molar-refractivity contribution in [1.82, 2.24) is 0 Å². The molecule has 1 saturated carbocycles. The third kappa shape index (κ3) is 2.20. The Morgan fingerprint density at radius 2 is 2.14 bits per heavy atom. The summed E-state index contributed by atoms with van der Waals surface area (Å²) in [6.07, 6.45) is 3.95. The molecule has 0 radical (unpaired) electrons. The Morgan fingerprint density at radius 3 is 2.79 bits per heavy atom. The first-order valence-corrected chi connectivity index (χ1v) is 5.23. The van der Waals surface area contributed by atoms with E-state index in [1.807, 2.05) is 6.07 Å². The van der Waals surface area contributed by atoms with Gasteiger partial charge in [-0.1, -0.05) is 11.6 Å². The fraction of sp³-hybridized carbons (Fsp3) is 0.455. The molecule has 0 bridgehead atoms. The van der Waals surface area contributed by atoms with E-state index in [1.165, 1.54) is 0 Å². The van der Waals surface area contributed by atoms with Gasteiger partial charge in [-0.25, -0.2) is 0 Å². The number of nitrogens with two attached hydrogens (primary N) is 1. The van der Waals surface area contributed by atoms with Crippen molar-refractivity contribution in [2.75, 3.05) is 0 Å². The highest BCUT2D eigenvalue weighted by Crippen LogP contribution is 2.37. The monoisotopic (exact) mass is 211 g/mol. The van der Waals surface area contributed by atoms with Gasteiger partial charge in [0.15, 0.2) is 0 Å². The van der Waals surface area contributed by atoms with Gasteiger partial charge in [-0.3, -0.25) is 0 Å². The standard InChI is InChI=1S/C11H14ClNO/c12-9-1-2-10(14)8(7-9)3-4-11(13)5-6-11/h1-2,7,14H,3-6,13H2. The van der Waals surface area contributed by atoms with Crippen LogP contribution in [-0.2, 0) is 6.42 Å². The fourth-order valence-electron chi connectivity index (χ4n) is 1.55. The van der Waals surface area contributed by atoms with E-state index in [1.54, 1.807) is 12.1 Å². The predicted octanol–water partition coefficient (Wildman–Crippen LogP) is 2.47. The minimum atomic E-state index is 0.0365. The maximum atomic E-state index is 9.55. The molecule has 0 atom stereocenters. The van der Waals surface area contributed by atoms with Gasteiger partial charge in [0, 0.05) is 10.6 Å². The second kappa shape index (κ2) is 3.44. The molecule has 2 nitrogen and oxygen atoms in total. The summed E-state index contributed by atoms with van der Waals surface area (Å²) >= 11 is 5.84. The van der Waals surface area contributed by atoms with E-state index >= 15 is 0 Å². The van der Waals surface area contributed by atoms with Crippen LogP contribution >= 0.6 is 11.6 Å². The van der Waals surface area contributed by atoms with Crippen molar-refractivity contribution < 1.29 is 5.11 Å². The minimum Gasteiger partial charge on any atom is -0.508 e. The van der Waals surface area contributed by atoms with Crippen LogP contribution in [-0.4, -0.2) is 10.6 Å². The van der Waals surface area contributed by atoms with Crippen LogP contribution in [0.4, 0.5) is 0 Å². The topological polar surface area (TPSA) is 46.2 Å². The molecule has 0 aliphatic heterocycles. The smallest absolute Gasteiger partial charge is 0.118 e. The maximum absolute atomic E-state index is 9.55. The van der Waals surface area contributed by atoms with Gasteiger partial charge in [0.1, 0.15) is 5.75 Å². The molecule has 1 fully saturated rings. The predicted molar refractivity (Wildman–Crippen MR) is 57.6 cm³/mol. The van der Waals surface area contributed by atoms with E-state index in [-0.39, 0.29) is 5.54 Å². The summed E-state index contributed by atoms with van der Waals surface area (Å²) in [5.74, 6) is 0.318. The van der Waals surface area contributed by atoms with Gasteiger partial charge in [0.25, 0.3) is 0 Å². The molecule has 0 aromatic heterocycles. The van der Waals surface area contributed by atoms with Crippen molar-refractivity contribution in [2.24, 2.45) is 5.73 Å². The minimum absolute atomic E-state index is 0.0365. The first kappa shape index (κ1) is 9.81. The molecular formula is C11H14ClNO. The molecule has 0 amide bonds. The van der Waals surface area contributed by atoms with Crippen LogP contribution < -0.4 is 5.73 Å². The number of hydrogen-bond acceptors (Lipinski definition) is 2. The molecule has 76 valence electrons. The van der Waals surface area contributed by atoms with Crippen molar-refractivity contribution in [1.29, 1.82) is 0 Å². The highest BCUT2D eigenvalue weighted by molar-refractivity contribution is 6.30. The van der Waals surface area contributed by atoms with Crippen LogP contribution in [0.25, 0.3) is 0 Å². The lowest BCUT2D eigenvalue weighted by atomic mass is 10.0. The zero-order valence-corrected chi connectivity index (χ0v) is 8.72. The Bertz CT molecular complexity index is 347. The van der Waals surface area contributed by atoms with Gasteiger partial charge in [0.05, 0.1) is 0 Å². The second-order valence-electron chi connectivity index (χ2n) is 4.14. The molecule has 1 aliphatic rings. The van der Waals surface area contributed by atoms with Crippen LogP contribution in [0.3, 0.4) is 0 Å². The molecular weight excluding hydrogens is 198 g/mol. The molecule has 1 aliphatic carbocycles. The van der Waals surface area contributed by atoms with E-state index in [0.29, 0.717) is 10.8 Å². The average Bonchev–Trinajstić information content (AvgIpc) is 2.87. The number of phenolic OH excluding ortho intramolecular Hbond substituents is 1. The molecule has 1 aromatic carbocycles. The normalized spacial score (nSPS) is 18.1. The van der Waals surface area contributed by atoms with E-state index < -0.39 is 0 Å². The fourth-order valence-corrected chi connectivity index (χ4v) is 1.74. The molecule has 3 N–H and O–H groups in total. The number of halogens is 1. The zero-order chi connectivity index (χ0) is 10.2. The number of phenols is 1. The summed E-state index contributed by atoms with van der Waals surface area (Å²) in [4.78, 5) is 0. The lowest BCUT2D eigenvalue weighted by molar-refractivity contribution is 0.464. The first-order chi connectivity index (χ1) is 6.59. The Morgan fingerprint density at radius 1 is 1.43 bits per heavy atom. The van der Waals surface area contributed by atoms with Gasteiger partial charge < -0.3 is 10.8 Å². The first-order valence-electron chi connectivity index (χ1n) is 4.85. The third-order valence-corrected chi connectivity index (χ3v) is 3.06.